The van der Waals surface area contributed by atoms with Gasteiger partial charge in [0.2, 0.25) is 0 Å². The molecule has 0 amide bonds. The standard InChI is InChI=1S/C12H6ClF3N4O/c13-11-10-9(18-5-19-11)7-1-6(3-21)17-2-8(7)20(10)4-12(14,15)16/h1-3,5H,4H2. The number of hydrogen-bond acceptors (Lipinski definition) is 4. The fraction of sp³-hybridized carbons (Fsp3) is 0.167. The van der Waals surface area contributed by atoms with Crippen molar-refractivity contribution in [2.75, 3.05) is 0 Å². The Morgan fingerprint density at radius 2 is 2.05 bits per heavy atom. The van der Waals surface area contributed by atoms with Crippen LogP contribution in [0.4, 0.5) is 13.2 Å². The van der Waals surface area contributed by atoms with Crippen LogP contribution in [0.1, 0.15) is 10.5 Å². The summed E-state index contributed by atoms with van der Waals surface area (Å²) < 4.78 is 39.3. The Hall–Kier alpha value is -2.22. The number of carbonyl (C=O) groups excluding carboxylic acids is 1. The van der Waals surface area contributed by atoms with E-state index in [0.717, 1.165) is 10.9 Å². The first kappa shape index (κ1) is 13.7. The molecule has 3 aromatic heterocycles. The van der Waals surface area contributed by atoms with E-state index in [9.17, 15) is 18.0 Å². The summed E-state index contributed by atoms with van der Waals surface area (Å²) >= 11 is 5.91. The second-order valence-corrected chi connectivity index (χ2v) is 4.67. The van der Waals surface area contributed by atoms with Crippen LogP contribution in [0.15, 0.2) is 18.6 Å². The van der Waals surface area contributed by atoms with E-state index in [4.69, 9.17) is 11.6 Å². The zero-order chi connectivity index (χ0) is 15.2. The molecular weight excluding hydrogens is 309 g/mol. The Morgan fingerprint density at radius 3 is 2.71 bits per heavy atom. The van der Waals surface area contributed by atoms with Crippen LogP contribution >= 0.6 is 11.6 Å². The average Bonchev–Trinajstić information content (AvgIpc) is 2.72. The van der Waals surface area contributed by atoms with Gasteiger partial charge in [-0.2, -0.15) is 13.2 Å². The predicted octanol–water partition coefficient (Wildman–Crippen LogP) is 3.01. The number of hydrogen-bond donors (Lipinski definition) is 0. The van der Waals surface area contributed by atoms with Gasteiger partial charge in [-0.3, -0.25) is 9.78 Å². The van der Waals surface area contributed by atoms with Crippen LogP contribution in [0, 0.1) is 0 Å². The molecule has 0 fully saturated rings. The highest BCUT2D eigenvalue weighted by atomic mass is 35.5. The van der Waals surface area contributed by atoms with Crippen molar-refractivity contribution >= 4 is 39.8 Å². The van der Waals surface area contributed by atoms with Crippen LogP contribution in [0.25, 0.3) is 21.9 Å². The SMILES string of the molecule is O=Cc1cc2c3ncnc(Cl)c3n(CC(F)(F)F)c2cn1. The summed E-state index contributed by atoms with van der Waals surface area (Å²) in [5, 5.41) is 0.281. The van der Waals surface area contributed by atoms with Gasteiger partial charge in [0, 0.05) is 5.39 Å². The fourth-order valence-corrected chi connectivity index (χ4v) is 2.43. The van der Waals surface area contributed by atoms with E-state index in [1.165, 1.54) is 12.3 Å². The summed E-state index contributed by atoms with van der Waals surface area (Å²) in [5.41, 5.74) is 0.606. The van der Waals surface area contributed by atoms with Gasteiger partial charge < -0.3 is 4.57 Å². The topological polar surface area (TPSA) is 60.7 Å². The molecule has 3 aromatic rings. The number of alkyl halides is 3. The number of aromatic nitrogens is 4. The number of fused-ring (bicyclic) bond motifs is 3. The number of pyridine rings is 1. The molecule has 108 valence electrons. The largest absolute Gasteiger partial charge is 0.406 e. The Morgan fingerprint density at radius 1 is 1.29 bits per heavy atom. The Balaban J connectivity index is 2.44. The van der Waals surface area contributed by atoms with E-state index in [-0.39, 0.29) is 27.4 Å². The summed E-state index contributed by atoms with van der Waals surface area (Å²) in [4.78, 5) is 22.3. The van der Waals surface area contributed by atoms with Gasteiger partial charge in [0.1, 0.15) is 29.6 Å². The van der Waals surface area contributed by atoms with Crippen molar-refractivity contribution in [2.45, 2.75) is 12.7 Å². The monoisotopic (exact) mass is 314 g/mol. The quantitative estimate of drug-likeness (QED) is 0.539. The van der Waals surface area contributed by atoms with E-state index in [1.807, 2.05) is 0 Å². The second-order valence-electron chi connectivity index (χ2n) is 4.31. The lowest BCUT2D eigenvalue weighted by molar-refractivity contribution is -0.139. The van der Waals surface area contributed by atoms with Crippen LogP contribution in [-0.4, -0.2) is 32.0 Å². The Kier molecular flexibility index (Phi) is 3.05. The highest BCUT2D eigenvalue weighted by Gasteiger charge is 2.30. The van der Waals surface area contributed by atoms with Gasteiger partial charge in [-0.15, -0.1) is 0 Å². The molecule has 0 N–H and O–H groups in total. The smallest absolute Gasteiger partial charge is 0.326 e. The normalized spacial score (nSPS) is 12.2. The van der Waals surface area contributed by atoms with Crippen molar-refractivity contribution < 1.29 is 18.0 Å². The molecule has 9 heteroatoms. The van der Waals surface area contributed by atoms with Crippen molar-refractivity contribution in [3.8, 4) is 0 Å². The lowest BCUT2D eigenvalue weighted by Crippen LogP contribution is -2.17. The zero-order valence-electron chi connectivity index (χ0n) is 10.2. The summed E-state index contributed by atoms with van der Waals surface area (Å²) in [6, 6.07) is 1.38. The van der Waals surface area contributed by atoms with E-state index in [1.54, 1.807) is 0 Å². The third kappa shape index (κ3) is 2.31. The molecule has 0 aromatic carbocycles. The third-order valence-corrected chi connectivity index (χ3v) is 3.23. The first-order chi connectivity index (χ1) is 9.90. The molecule has 5 nitrogen and oxygen atoms in total. The van der Waals surface area contributed by atoms with E-state index >= 15 is 0 Å². The summed E-state index contributed by atoms with van der Waals surface area (Å²) in [7, 11) is 0. The van der Waals surface area contributed by atoms with Gasteiger partial charge in [-0.1, -0.05) is 11.6 Å². The van der Waals surface area contributed by atoms with E-state index < -0.39 is 12.7 Å². The number of aldehydes is 1. The van der Waals surface area contributed by atoms with E-state index in [0.29, 0.717) is 11.7 Å². The van der Waals surface area contributed by atoms with Crippen molar-refractivity contribution in [2.24, 2.45) is 0 Å². The first-order valence-corrected chi connectivity index (χ1v) is 6.09. The number of rotatable bonds is 2. The molecule has 3 heterocycles. The lowest BCUT2D eigenvalue weighted by atomic mass is 10.2. The number of nitrogens with zero attached hydrogens (tertiary/aromatic N) is 4. The van der Waals surface area contributed by atoms with Crippen LogP contribution in [0.5, 0.6) is 0 Å². The van der Waals surface area contributed by atoms with Crippen LogP contribution in [0.2, 0.25) is 5.15 Å². The minimum atomic E-state index is -4.44. The summed E-state index contributed by atoms with van der Waals surface area (Å²) in [6.45, 7) is -1.25. The predicted molar refractivity (Wildman–Crippen MR) is 69.3 cm³/mol. The van der Waals surface area contributed by atoms with Crippen molar-refractivity contribution in [3.05, 3.63) is 29.4 Å². The van der Waals surface area contributed by atoms with Crippen molar-refractivity contribution in [3.63, 3.8) is 0 Å². The molecule has 0 aliphatic heterocycles. The van der Waals surface area contributed by atoms with Crippen LogP contribution < -0.4 is 0 Å². The molecule has 3 rings (SSSR count). The molecule has 0 aliphatic carbocycles. The van der Waals surface area contributed by atoms with Gasteiger partial charge in [0.15, 0.2) is 11.4 Å². The molecule has 0 saturated carbocycles. The fourth-order valence-electron chi connectivity index (χ4n) is 2.19. The molecule has 0 unspecified atom stereocenters. The molecule has 0 spiro atoms. The van der Waals surface area contributed by atoms with Crippen LogP contribution in [0.3, 0.4) is 0 Å². The van der Waals surface area contributed by atoms with Gasteiger partial charge >= 0.3 is 6.18 Å². The molecule has 0 radical (unpaired) electrons. The zero-order valence-corrected chi connectivity index (χ0v) is 11.0. The maximum absolute atomic E-state index is 12.8. The van der Waals surface area contributed by atoms with Gasteiger partial charge in [-0.25, -0.2) is 9.97 Å². The molecule has 0 aliphatic rings. The lowest BCUT2D eigenvalue weighted by Gasteiger charge is -2.10. The van der Waals surface area contributed by atoms with Gasteiger partial charge in [0.25, 0.3) is 0 Å². The second kappa shape index (κ2) is 4.66. The number of halogens is 4. The molecule has 0 atom stereocenters. The number of carbonyl (C=O) groups is 1. The Bertz CT molecular complexity index is 859. The summed E-state index contributed by atoms with van der Waals surface area (Å²) in [6.07, 6.45) is -1.58. The first-order valence-electron chi connectivity index (χ1n) is 5.71. The van der Waals surface area contributed by atoms with Gasteiger partial charge in [0.05, 0.1) is 11.7 Å². The minimum Gasteiger partial charge on any atom is -0.326 e. The molecule has 21 heavy (non-hydrogen) atoms. The molecular formula is C12H6ClF3N4O. The highest BCUT2D eigenvalue weighted by Crippen LogP contribution is 2.33. The van der Waals surface area contributed by atoms with Gasteiger partial charge in [-0.05, 0) is 6.07 Å². The van der Waals surface area contributed by atoms with E-state index in [2.05, 4.69) is 15.0 Å². The molecule has 0 saturated heterocycles. The van der Waals surface area contributed by atoms with Crippen LogP contribution in [-0.2, 0) is 6.54 Å². The highest BCUT2D eigenvalue weighted by molar-refractivity contribution is 6.34. The minimum absolute atomic E-state index is 0.0661. The third-order valence-electron chi connectivity index (χ3n) is 2.96. The average molecular weight is 315 g/mol. The molecule has 0 bridgehead atoms. The summed E-state index contributed by atoms with van der Waals surface area (Å²) in [5.74, 6) is 0. The Labute approximate surface area is 120 Å². The maximum Gasteiger partial charge on any atom is 0.406 e. The maximum atomic E-state index is 12.8. The van der Waals surface area contributed by atoms with Crippen molar-refractivity contribution in [1.82, 2.24) is 19.5 Å². The van der Waals surface area contributed by atoms with Crippen molar-refractivity contribution in [1.29, 1.82) is 0 Å².